The first-order valence-electron chi connectivity index (χ1n) is 6.64. The molecule has 2 aromatic carbocycles. The molecule has 0 atom stereocenters. The van der Waals surface area contributed by atoms with Gasteiger partial charge in [0.1, 0.15) is 5.75 Å². The van der Waals surface area contributed by atoms with Crippen LogP contribution in [0.4, 0.5) is 0 Å². The minimum atomic E-state index is 0.774. The summed E-state index contributed by atoms with van der Waals surface area (Å²) >= 11 is 7.08. The standard InChI is InChI=1S/C17H15NOS2/c1-19-15-9-7-13(8-10-15)11-18-16(12-21-17(18)20)14-5-3-2-4-6-14/h2-10,12H,11H2,1H3. The zero-order valence-corrected chi connectivity index (χ0v) is 13.3. The van der Waals surface area contributed by atoms with Crippen molar-refractivity contribution >= 4 is 23.6 Å². The van der Waals surface area contributed by atoms with E-state index in [0.29, 0.717) is 0 Å². The van der Waals surface area contributed by atoms with Crippen LogP contribution in [0.2, 0.25) is 0 Å². The summed E-state index contributed by atoms with van der Waals surface area (Å²) in [4.78, 5) is 0. The number of methoxy groups -OCH3 is 1. The maximum absolute atomic E-state index is 5.48. The fraction of sp³-hybridized carbons (Fsp3) is 0.118. The number of benzene rings is 2. The lowest BCUT2D eigenvalue weighted by Crippen LogP contribution is -2.01. The second-order valence-corrected chi connectivity index (χ2v) is 6.19. The molecule has 0 aliphatic rings. The van der Waals surface area contributed by atoms with E-state index in [1.165, 1.54) is 16.8 Å². The van der Waals surface area contributed by atoms with Gasteiger partial charge in [-0.2, -0.15) is 0 Å². The van der Waals surface area contributed by atoms with E-state index < -0.39 is 0 Å². The number of thiazole rings is 1. The third kappa shape index (κ3) is 3.06. The van der Waals surface area contributed by atoms with E-state index in [-0.39, 0.29) is 0 Å². The normalized spacial score (nSPS) is 10.5. The van der Waals surface area contributed by atoms with Gasteiger partial charge in [-0.15, -0.1) is 11.3 Å². The number of hydrogen-bond donors (Lipinski definition) is 0. The molecule has 0 aliphatic heterocycles. The van der Waals surface area contributed by atoms with Crippen molar-refractivity contribution in [2.24, 2.45) is 0 Å². The van der Waals surface area contributed by atoms with Crippen LogP contribution in [-0.2, 0) is 6.54 Å². The van der Waals surface area contributed by atoms with Gasteiger partial charge in [-0.25, -0.2) is 0 Å². The number of aromatic nitrogens is 1. The summed E-state index contributed by atoms with van der Waals surface area (Å²) in [6, 6.07) is 18.5. The highest BCUT2D eigenvalue weighted by atomic mass is 32.1. The lowest BCUT2D eigenvalue weighted by molar-refractivity contribution is 0.414. The van der Waals surface area contributed by atoms with Crippen molar-refractivity contribution in [3.05, 3.63) is 69.5 Å². The molecule has 0 bridgehead atoms. The zero-order chi connectivity index (χ0) is 14.7. The largest absolute Gasteiger partial charge is 0.497 e. The molecule has 3 rings (SSSR count). The summed E-state index contributed by atoms with van der Waals surface area (Å²) in [5.74, 6) is 0.871. The average molecular weight is 313 g/mol. The van der Waals surface area contributed by atoms with Gasteiger partial charge in [0.15, 0.2) is 3.95 Å². The highest BCUT2D eigenvalue weighted by molar-refractivity contribution is 7.73. The van der Waals surface area contributed by atoms with E-state index in [4.69, 9.17) is 17.0 Å². The van der Waals surface area contributed by atoms with Gasteiger partial charge in [-0.3, -0.25) is 0 Å². The highest BCUT2D eigenvalue weighted by Crippen LogP contribution is 2.25. The van der Waals surface area contributed by atoms with Gasteiger partial charge in [-0.1, -0.05) is 42.5 Å². The maximum atomic E-state index is 5.48. The number of hydrogen-bond acceptors (Lipinski definition) is 3. The Bertz CT molecular complexity index is 773. The highest BCUT2D eigenvalue weighted by Gasteiger charge is 2.07. The second-order valence-electron chi connectivity index (χ2n) is 4.69. The van der Waals surface area contributed by atoms with Crippen molar-refractivity contribution in [2.75, 3.05) is 7.11 Å². The molecule has 4 heteroatoms. The van der Waals surface area contributed by atoms with Gasteiger partial charge in [-0.05, 0) is 35.5 Å². The number of rotatable bonds is 4. The first-order chi connectivity index (χ1) is 10.3. The van der Waals surface area contributed by atoms with Gasteiger partial charge in [0.2, 0.25) is 0 Å². The lowest BCUT2D eigenvalue weighted by Gasteiger charge is -2.09. The van der Waals surface area contributed by atoms with E-state index in [1.54, 1.807) is 18.4 Å². The molecule has 0 radical (unpaired) electrons. The maximum Gasteiger partial charge on any atom is 0.161 e. The van der Waals surface area contributed by atoms with Crippen molar-refractivity contribution in [3.8, 4) is 17.0 Å². The fourth-order valence-electron chi connectivity index (χ4n) is 2.23. The Labute approximate surface area is 133 Å². The summed E-state index contributed by atoms with van der Waals surface area (Å²) in [5.41, 5.74) is 3.57. The molecule has 0 spiro atoms. The Balaban J connectivity index is 1.95. The van der Waals surface area contributed by atoms with Crippen LogP contribution in [0, 0.1) is 3.95 Å². The molecular formula is C17H15NOS2. The molecule has 0 saturated heterocycles. The van der Waals surface area contributed by atoms with E-state index in [9.17, 15) is 0 Å². The Morgan fingerprint density at radius 3 is 2.43 bits per heavy atom. The van der Waals surface area contributed by atoms with Crippen LogP contribution in [-0.4, -0.2) is 11.7 Å². The Kier molecular flexibility index (Phi) is 4.18. The van der Waals surface area contributed by atoms with E-state index in [1.807, 2.05) is 30.3 Å². The van der Waals surface area contributed by atoms with Crippen molar-refractivity contribution in [2.45, 2.75) is 6.54 Å². The predicted octanol–water partition coefficient (Wildman–Crippen LogP) is 5.00. The van der Waals surface area contributed by atoms with E-state index >= 15 is 0 Å². The summed E-state index contributed by atoms with van der Waals surface area (Å²) in [6.45, 7) is 0.774. The Hall–Kier alpha value is -1.91. The van der Waals surface area contributed by atoms with Crippen LogP contribution in [0.25, 0.3) is 11.3 Å². The quantitative estimate of drug-likeness (QED) is 0.629. The average Bonchev–Trinajstić information content (AvgIpc) is 2.90. The van der Waals surface area contributed by atoms with Gasteiger partial charge in [0.25, 0.3) is 0 Å². The van der Waals surface area contributed by atoms with Crippen LogP contribution in [0.3, 0.4) is 0 Å². The van der Waals surface area contributed by atoms with E-state index in [2.05, 4.69) is 34.2 Å². The smallest absolute Gasteiger partial charge is 0.161 e. The molecule has 0 saturated carbocycles. The van der Waals surface area contributed by atoms with Gasteiger partial charge in [0.05, 0.1) is 12.8 Å². The summed E-state index contributed by atoms with van der Waals surface area (Å²) < 4.78 is 8.27. The molecular weight excluding hydrogens is 298 g/mol. The lowest BCUT2D eigenvalue weighted by atomic mass is 10.1. The Morgan fingerprint density at radius 2 is 1.76 bits per heavy atom. The third-order valence-electron chi connectivity index (χ3n) is 3.35. The molecule has 0 unspecified atom stereocenters. The molecule has 1 heterocycles. The fourth-order valence-corrected chi connectivity index (χ4v) is 3.30. The first-order valence-corrected chi connectivity index (χ1v) is 7.93. The van der Waals surface area contributed by atoms with Gasteiger partial charge < -0.3 is 9.30 Å². The number of nitrogens with zero attached hydrogens (tertiary/aromatic N) is 1. The van der Waals surface area contributed by atoms with Crippen molar-refractivity contribution in [1.82, 2.24) is 4.57 Å². The molecule has 0 N–H and O–H groups in total. The van der Waals surface area contributed by atoms with Crippen LogP contribution in [0.15, 0.2) is 60.0 Å². The SMILES string of the molecule is COc1ccc(Cn2c(-c3ccccc3)csc2=S)cc1. The molecule has 2 nitrogen and oxygen atoms in total. The summed E-state index contributed by atoms with van der Waals surface area (Å²) in [7, 11) is 1.68. The second kappa shape index (κ2) is 6.24. The molecule has 0 fully saturated rings. The minimum absolute atomic E-state index is 0.774. The predicted molar refractivity (Wildman–Crippen MR) is 90.7 cm³/mol. The topological polar surface area (TPSA) is 14.2 Å². The van der Waals surface area contributed by atoms with Gasteiger partial charge >= 0.3 is 0 Å². The third-order valence-corrected chi connectivity index (χ3v) is 4.62. The molecule has 3 aromatic rings. The zero-order valence-electron chi connectivity index (χ0n) is 11.7. The molecule has 1 aromatic heterocycles. The minimum Gasteiger partial charge on any atom is -0.497 e. The Morgan fingerprint density at radius 1 is 1.05 bits per heavy atom. The summed E-state index contributed by atoms with van der Waals surface area (Å²) in [5, 5.41) is 2.13. The van der Waals surface area contributed by atoms with Crippen LogP contribution in [0.5, 0.6) is 5.75 Å². The van der Waals surface area contributed by atoms with Crippen molar-refractivity contribution in [3.63, 3.8) is 0 Å². The molecule has 21 heavy (non-hydrogen) atoms. The van der Waals surface area contributed by atoms with Crippen molar-refractivity contribution < 1.29 is 4.74 Å². The van der Waals surface area contributed by atoms with Crippen molar-refractivity contribution in [1.29, 1.82) is 0 Å². The first kappa shape index (κ1) is 14.0. The molecule has 0 aliphatic carbocycles. The monoisotopic (exact) mass is 313 g/mol. The van der Waals surface area contributed by atoms with E-state index in [0.717, 1.165) is 16.2 Å². The summed E-state index contributed by atoms with van der Waals surface area (Å²) in [6.07, 6.45) is 0. The number of ether oxygens (including phenoxy) is 1. The van der Waals surface area contributed by atoms with Crippen LogP contribution >= 0.6 is 23.6 Å². The molecule has 0 amide bonds. The van der Waals surface area contributed by atoms with Gasteiger partial charge in [0, 0.05) is 11.9 Å². The van der Waals surface area contributed by atoms with Crippen LogP contribution in [0.1, 0.15) is 5.56 Å². The molecule has 106 valence electrons. The van der Waals surface area contributed by atoms with Crippen LogP contribution < -0.4 is 4.74 Å².